The quantitative estimate of drug-likeness (QED) is 0.202. The molecule has 0 bridgehead atoms. The summed E-state index contributed by atoms with van der Waals surface area (Å²) in [5, 5.41) is 11.6. The first kappa shape index (κ1) is 26.5. The van der Waals surface area contributed by atoms with Crippen molar-refractivity contribution < 1.29 is 24.2 Å². The number of methoxy groups -OCH3 is 2. The summed E-state index contributed by atoms with van der Waals surface area (Å²) in [6.45, 7) is 2.12. The third-order valence-corrected chi connectivity index (χ3v) is 6.86. The second kappa shape index (κ2) is 11.2. The van der Waals surface area contributed by atoms with Gasteiger partial charge in [0, 0.05) is 11.9 Å². The van der Waals surface area contributed by atoms with Gasteiger partial charge in [0.25, 0.3) is 11.7 Å². The topological polar surface area (TPSA) is 89.0 Å². The zero-order valence-electron chi connectivity index (χ0n) is 20.6. The first-order chi connectivity index (χ1) is 17.8. The summed E-state index contributed by atoms with van der Waals surface area (Å²) in [5.74, 6) is -1.94. The van der Waals surface area contributed by atoms with E-state index < -0.39 is 23.5 Å². The van der Waals surface area contributed by atoms with Gasteiger partial charge < -0.3 is 14.6 Å². The van der Waals surface area contributed by atoms with Crippen molar-refractivity contribution in [2.75, 3.05) is 19.1 Å². The van der Waals surface area contributed by atoms with E-state index >= 15 is 0 Å². The van der Waals surface area contributed by atoms with E-state index in [1.807, 2.05) is 12.1 Å². The lowest BCUT2D eigenvalue weighted by Gasteiger charge is -2.25. The van der Waals surface area contributed by atoms with Crippen molar-refractivity contribution >= 4 is 46.3 Å². The molecule has 3 aromatic rings. The number of nitrogens with zero attached hydrogens (tertiary/aromatic N) is 2. The summed E-state index contributed by atoms with van der Waals surface area (Å²) < 4.78 is 10.7. The van der Waals surface area contributed by atoms with Gasteiger partial charge in [-0.15, -0.1) is 0 Å². The van der Waals surface area contributed by atoms with E-state index in [9.17, 15) is 14.7 Å². The van der Waals surface area contributed by atoms with Gasteiger partial charge in [-0.05, 0) is 48.7 Å². The highest BCUT2D eigenvalue weighted by Gasteiger charge is 2.48. The maximum Gasteiger partial charge on any atom is 0.300 e. The van der Waals surface area contributed by atoms with Crippen molar-refractivity contribution in [3.8, 4) is 11.5 Å². The van der Waals surface area contributed by atoms with Crippen LogP contribution in [-0.2, 0) is 16.0 Å². The molecule has 1 amide bonds. The first-order valence-corrected chi connectivity index (χ1v) is 12.5. The van der Waals surface area contributed by atoms with Crippen molar-refractivity contribution in [1.29, 1.82) is 0 Å². The van der Waals surface area contributed by atoms with Crippen molar-refractivity contribution in [3.63, 3.8) is 0 Å². The fourth-order valence-corrected chi connectivity index (χ4v) is 5.10. The van der Waals surface area contributed by atoms with Crippen LogP contribution in [-0.4, -0.2) is 36.0 Å². The molecular formula is C28H26Cl2N2O5. The molecule has 0 aliphatic carbocycles. The normalized spacial score (nSPS) is 16.8. The van der Waals surface area contributed by atoms with Crippen LogP contribution in [0.2, 0.25) is 10.0 Å². The van der Waals surface area contributed by atoms with E-state index in [-0.39, 0.29) is 32.7 Å². The van der Waals surface area contributed by atoms with Gasteiger partial charge >= 0.3 is 0 Å². The Morgan fingerprint density at radius 1 is 1.05 bits per heavy atom. The Morgan fingerprint density at radius 3 is 2.35 bits per heavy atom. The number of hydrogen-bond donors (Lipinski definition) is 1. The molecule has 1 aliphatic heterocycles. The maximum absolute atomic E-state index is 13.4. The van der Waals surface area contributed by atoms with Crippen molar-refractivity contribution in [2.24, 2.45) is 0 Å². The Bertz CT molecular complexity index is 1360. The molecule has 37 heavy (non-hydrogen) atoms. The molecule has 1 fully saturated rings. The number of benzene rings is 2. The lowest BCUT2D eigenvalue weighted by Crippen LogP contribution is -2.29. The highest BCUT2D eigenvalue weighted by molar-refractivity contribution is 6.52. The fraction of sp³-hybridized carbons (Fsp3) is 0.250. The summed E-state index contributed by atoms with van der Waals surface area (Å²) in [7, 11) is 2.76. The average Bonchev–Trinajstić information content (AvgIpc) is 3.18. The van der Waals surface area contributed by atoms with Gasteiger partial charge in [-0.2, -0.15) is 0 Å². The van der Waals surface area contributed by atoms with Gasteiger partial charge in [-0.25, -0.2) is 0 Å². The van der Waals surface area contributed by atoms with E-state index in [0.717, 1.165) is 24.8 Å². The van der Waals surface area contributed by atoms with Crippen LogP contribution in [0.5, 0.6) is 11.5 Å². The number of anilines is 1. The largest absolute Gasteiger partial charge is 0.507 e. The summed E-state index contributed by atoms with van der Waals surface area (Å²) in [6.07, 6.45) is 4.59. The SMILES string of the molecule is CCCCc1ccc(N2C(=O)C(=O)/C(=C(/O)c3cc(Cl)c(OC)c(Cl)c3OC)C2c2ccccn2)cc1. The zero-order chi connectivity index (χ0) is 26.7. The second-order valence-electron chi connectivity index (χ2n) is 8.48. The van der Waals surface area contributed by atoms with Gasteiger partial charge in [0.1, 0.15) is 16.8 Å². The van der Waals surface area contributed by atoms with Gasteiger partial charge in [-0.3, -0.25) is 19.5 Å². The Hall–Kier alpha value is -3.55. The molecule has 1 saturated heterocycles. The van der Waals surface area contributed by atoms with Crippen LogP contribution in [0.4, 0.5) is 5.69 Å². The molecule has 1 N–H and O–H groups in total. The molecular weight excluding hydrogens is 515 g/mol. The number of halogens is 2. The number of ketones is 1. The Morgan fingerprint density at radius 2 is 1.76 bits per heavy atom. The number of aromatic nitrogens is 1. The molecule has 0 saturated carbocycles. The van der Waals surface area contributed by atoms with Crippen molar-refractivity contribution in [3.05, 3.63) is 87.2 Å². The average molecular weight is 541 g/mol. The van der Waals surface area contributed by atoms with Crippen molar-refractivity contribution in [1.82, 2.24) is 4.98 Å². The number of ether oxygens (including phenoxy) is 2. The summed E-state index contributed by atoms with van der Waals surface area (Å²) in [6, 6.07) is 13.0. The minimum Gasteiger partial charge on any atom is -0.507 e. The number of aliphatic hydroxyl groups is 1. The number of aliphatic hydroxyl groups excluding tert-OH is 1. The minimum atomic E-state index is -0.993. The van der Waals surface area contributed by atoms with Gasteiger partial charge in [0.05, 0.1) is 36.1 Å². The number of rotatable bonds is 8. The van der Waals surface area contributed by atoms with Crippen LogP contribution in [0, 0.1) is 0 Å². The summed E-state index contributed by atoms with van der Waals surface area (Å²) in [5.41, 5.74) is 1.93. The van der Waals surface area contributed by atoms with Gasteiger partial charge in [0.2, 0.25) is 0 Å². The number of aryl methyl sites for hydroxylation is 1. The summed E-state index contributed by atoms with van der Waals surface area (Å²) in [4.78, 5) is 32.5. The monoisotopic (exact) mass is 540 g/mol. The van der Waals surface area contributed by atoms with E-state index in [1.54, 1.807) is 36.5 Å². The molecule has 0 radical (unpaired) electrons. The van der Waals surface area contributed by atoms with E-state index in [2.05, 4.69) is 11.9 Å². The van der Waals surface area contributed by atoms with E-state index in [1.165, 1.54) is 25.2 Å². The Labute approximate surface area is 225 Å². The van der Waals surface area contributed by atoms with Crippen LogP contribution < -0.4 is 14.4 Å². The molecule has 1 aromatic heterocycles. The smallest absolute Gasteiger partial charge is 0.300 e. The molecule has 1 atom stereocenters. The van der Waals surface area contributed by atoms with Crippen LogP contribution >= 0.6 is 23.2 Å². The summed E-state index contributed by atoms with van der Waals surface area (Å²) >= 11 is 12.8. The van der Waals surface area contributed by atoms with Crippen LogP contribution in [0.15, 0.2) is 60.3 Å². The van der Waals surface area contributed by atoms with Gasteiger partial charge in [0.15, 0.2) is 11.5 Å². The second-order valence-corrected chi connectivity index (χ2v) is 9.27. The number of carbonyl (C=O) groups is 2. The number of hydrogen-bond acceptors (Lipinski definition) is 6. The van der Waals surface area contributed by atoms with Gasteiger partial charge in [-0.1, -0.05) is 54.7 Å². The molecule has 2 aromatic carbocycles. The third kappa shape index (κ3) is 4.89. The highest BCUT2D eigenvalue weighted by atomic mass is 35.5. The highest BCUT2D eigenvalue weighted by Crippen LogP contribution is 2.47. The van der Waals surface area contributed by atoms with Crippen molar-refractivity contribution in [2.45, 2.75) is 32.2 Å². The lowest BCUT2D eigenvalue weighted by molar-refractivity contribution is -0.132. The Balaban J connectivity index is 1.92. The predicted molar refractivity (Wildman–Crippen MR) is 144 cm³/mol. The number of carbonyl (C=O) groups excluding carboxylic acids is 2. The molecule has 4 rings (SSSR count). The fourth-order valence-electron chi connectivity index (χ4n) is 4.41. The van der Waals surface area contributed by atoms with Crippen LogP contribution in [0.25, 0.3) is 5.76 Å². The minimum absolute atomic E-state index is 0.0188. The first-order valence-electron chi connectivity index (χ1n) is 11.7. The Kier molecular flexibility index (Phi) is 8.05. The molecule has 9 heteroatoms. The number of pyridine rings is 1. The van der Waals surface area contributed by atoms with E-state index in [4.69, 9.17) is 32.7 Å². The van der Waals surface area contributed by atoms with Crippen LogP contribution in [0.3, 0.4) is 0 Å². The molecule has 2 heterocycles. The lowest BCUT2D eigenvalue weighted by atomic mass is 9.97. The predicted octanol–water partition coefficient (Wildman–Crippen LogP) is 6.37. The molecule has 0 spiro atoms. The number of Topliss-reactive ketones (excluding diaryl/α,β-unsaturated/α-hetero) is 1. The van der Waals surface area contributed by atoms with Crippen LogP contribution in [0.1, 0.15) is 42.6 Å². The molecule has 1 unspecified atom stereocenters. The third-order valence-electron chi connectivity index (χ3n) is 6.24. The number of unbranched alkanes of at least 4 members (excludes halogenated alkanes) is 1. The number of amides is 1. The van der Waals surface area contributed by atoms with E-state index in [0.29, 0.717) is 11.4 Å². The molecule has 1 aliphatic rings. The molecule has 192 valence electrons. The maximum atomic E-state index is 13.4. The zero-order valence-corrected chi connectivity index (χ0v) is 22.1. The standard InChI is InChI=1S/C28H26Cl2N2O5/c1-4-5-8-16-10-12-17(13-11-16)32-23(20-9-6-7-14-31-20)21(25(34)28(32)35)24(33)18-15-19(29)27(37-3)22(30)26(18)36-2/h6-7,9-15,23,33H,4-5,8H2,1-3H3/b24-21+. The molecule has 7 nitrogen and oxygen atoms in total.